The average Bonchev–Trinajstić information content (AvgIpc) is 2.68. The Bertz CT molecular complexity index is 889. The molecule has 1 amide bonds. The van der Waals surface area contributed by atoms with Crippen LogP contribution in [0.25, 0.3) is 0 Å². The lowest BCUT2D eigenvalue weighted by Crippen LogP contribution is -2.15. The molecule has 0 unspecified atom stereocenters. The lowest BCUT2D eigenvalue weighted by molar-refractivity contribution is -0.115. The molecule has 0 saturated carbocycles. The molecule has 0 aliphatic rings. The fourth-order valence-corrected chi connectivity index (χ4v) is 2.80. The molecule has 0 saturated heterocycles. The van der Waals surface area contributed by atoms with Crippen LogP contribution in [0.15, 0.2) is 72.8 Å². The van der Waals surface area contributed by atoms with E-state index in [-0.39, 0.29) is 12.3 Å². The van der Waals surface area contributed by atoms with Gasteiger partial charge in [0.2, 0.25) is 5.91 Å². The Kier molecular flexibility index (Phi) is 6.10. The fourth-order valence-electron chi connectivity index (χ4n) is 2.80. The van der Waals surface area contributed by atoms with Gasteiger partial charge in [0.05, 0.1) is 13.5 Å². The summed E-state index contributed by atoms with van der Waals surface area (Å²) in [5.74, 6) is 1.40. The molecular weight excluding hydrogens is 338 g/mol. The van der Waals surface area contributed by atoms with E-state index in [2.05, 4.69) is 5.32 Å². The number of benzene rings is 3. The highest BCUT2D eigenvalue weighted by molar-refractivity contribution is 5.92. The van der Waals surface area contributed by atoms with Gasteiger partial charge in [0, 0.05) is 11.3 Å². The molecule has 1 N–H and O–H groups in total. The van der Waals surface area contributed by atoms with E-state index in [1.54, 1.807) is 7.11 Å². The molecule has 0 atom stereocenters. The van der Waals surface area contributed by atoms with E-state index in [1.807, 2.05) is 79.7 Å². The number of amides is 1. The van der Waals surface area contributed by atoms with Gasteiger partial charge in [0.1, 0.15) is 18.1 Å². The summed E-state index contributed by atoms with van der Waals surface area (Å²) in [6, 6.07) is 23.2. The van der Waals surface area contributed by atoms with E-state index >= 15 is 0 Å². The molecular formula is C23H23NO3. The number of ether oxygens (including phenoxy) is 2. The van der Waals surface area contributed by atoms with Crippen molar-refractivity contribution in [2.45, 2.75) is 20.0 Å². The Morgan fingerprint density at radius 2 is 1.70 bits per heavy atom. The normalized spacial score (nSPS) is 10.3. The van der Waals surface area contributed by atoms with E-state index in [9.17, 15) is 4.79 Å². The largest absolute Gasteiger partial charge is 0.496 e. The van der Waals surface area contributed by atoms with Crippen LogP contribution in [-0.4, -0.2) is 13.0 Å². The van der Waals surface area contributed by atoms with Crippen LogP contribution in [0.3, 0.4) is 0 Å². The Hall–Kier alpha value is -3.27. The van der Waals surface area contributed by atoms with Crippen molar-refractivity contribution < 1.29 is 14.3 Å². The van der Waals surface area contributed by atoms with Crippen LogP contribution in [0.1, 0.15) is 16.7 Å². The zero-order valence-electron chi connectivity index (χ0n) is 15.6. The highest BCUT2D eigenvalue weighted by Crippen LogP contribution is 2.21. The third-order valence-corrected chi connectivity index (χ3v) is 4.17. The summed E-state index contributed by atoms with van der Waals surface area (Å²) in [6.45, 7) is 2.51. The number of carbonyl (C=O) groups is 1. The van der Waals surface area contributed by atoms with Crippen molar-refractivity contribution in [3.63, 3.8) is 0 Å². The van der Waals surface area contributed by atoms with Gasteiger partial charge in [-0.25, -0.2) is 0 Å². The Morgan fingerprint density at radius 3 is 2.41 bits per heavy atom. The Balaban J connectivity index is 1.56. The monoisotopic (exact) mass is 361 g/mol. The molecule has 27 heavy (non-hydrogen) atoms. The van der Waals surface area contributed by atoms with Crippen molar-refractivity contribution in [3.8, 4) is 11.5 Å². The molecule has 0 fully saturated rings. The van der Waals surface area contributed by atoms with Crippen LogP contribution in [-0.2, 0) is 17.8 Å². The van der Waals surface area contributed by atoms with Gasteiger partial charge < -0.3 is 14.8 Å². The van der Waals surface area contributed by atoms with E-state index in [1.165, 1.54) is 0 Å². The quantitative estimate of drug-likeness (QED) is 0.660. The van der Waals surface area contributed by atoms with Crippen molar-refractivity contribution in [2.75, 3.05) is 12.4 Å². The number of aryl methyl sites for hydroxylation is 1. The van der Waals surface area contributed by atoms with Crippen molar-refractivity contribution in [3.05, 3.63) is 89.5 Å². The second-order valence-corrected chi connectivity index (χ2v) is 6.34. The molecule has 0 spiro atoms. The zero-order chi connectivity index (χ0) is 19.1. The maximum absolute atomic E-state index is 12.4. The van der Waals surface area contributed by atoms with Gasteiger partial charge in [-0.1, -0.05) is 48.0 Å². The van der Waals surface area contributed by atoms with Crippen LogP contribution in [0.4, 0.5) is 5.69 Å². The molecule has 0 aliphatic carbocycles. The first-order valence-corrected chi connectivity index (χ1v) is 8.84. The number of hydrogen-bond donors (Lipinski definition) is 1. The highest BCUT2D eigenvalue weighted by atomic mass is 16.5. The molecule has 0 heterocycles. The Labute approximate surface area is 159 Å². The van der Waals surface area contributed by atoms with Gasteiger partial charge in [-0.05, 0) is 42.8 Å². The van der Waals surface area contributed by atoms with E-state index in [4.69, 9.17) is 9.47 Å². The van der Waals surface area contributed by atoms with Crippen molar-refractivity contribution in [1.29, 1.82) is 0 Å². The molecule has 4 heteroatoms. The number of hydrogen-bond acceptors (Lipinski definition) is 3. The third-order valence-electron chi connectivity index (χ3n) is 4.17. The summed E-state index contributed by atoms with van der Waals surface area (Å²) in [5.41, 5.74) is 3.82. The van der Waals surface area contributed by atoms with Gasteiger partial charge in [-0.2, -0.15) is 0 Å². The SMILES string of the molecule is COc1ccc(C)cc1CC(=O)Nc1ccc(OCc2ccccc2)cc1. The predicted molar refractivity (Wildman–Crippen MR) is 107 cm³/mol. The van der Waals surface area contributed by atoms with Gasteiger partial charge in [0.15, 0.2) is 0 Å². The first-order valence-electron chi connectivity index (χ1n) is 8.84. The average molecular weight is 361 g/mol. The number of rotatable bonds is 7. The first kappa shape index (κ1) is 18.5. The molecule has 3 rings (SSSR count). The van der Waals surface area contributed by atoms with E-state index in [0.29, 0.717) is 6.61 Å². The number of carbonyl (C=O) groups excluding carboxylic acids is 1. The summed E-state index contributed by atoms with van der Waals surface area (Å²) in [5, 5.41) is 2.91. The summed E-state index contributed by atoms with van der Waals surface area (Å²) in [7, 11) is 1.61. The standard InChI is InChI=1S/C23H23NO3/c1-17-8-13-22(26-2)19(14-17)15-23(25)24-20-9-11-21(12-10-20)27-16-18-6-4-3-5-7-18/h3-14H,15-16H2,1-2H3,(H,24,25). The predicted octanol–water partition coefficient (Wildman–Crippen LogP) is 4.76. The highest BCUT2D eigenvalue weighted by Gasteiger charge is 2.09. The Morgan fingerprint density at radius 1 is 0.963 bits per heavy atom. The van der Waals surface area contributed by atoms with Crippen LogP contribution in [0.5, 0.6) is 11.5 Å². The van der Waals surface area contributed by atoms with Crippen molar-refractivity contribution in [1.82, 2.24) is 0 Å². The van der Waals surface area contributed by atoms with E-state index in [0.717, 1.165) is 33.9 Å². The van der Waals surface area contributed by atoms with E-state index < -0.39 is 0 Å². The molecule has 138 valence electrons. The minimum Gasteiger partial charge on any atom is -0.496 e. The second-order valence-electron chi connectivity index (χ2n) is 6.34. The summed E-state index contributed by atoms with van der Waals surface area (Å²) in [6.07, 6.45) is 0.261. The van der Waals surface area contributed by atoms with Crippen LogP contribution in [0.2, 0.25) is 0 Å². The smallest absolute Gasteiger partial charge is 0.228 e. The van der Waals surface area contributed by atoms with Crippen molar-refractivity contribution >= 4 is 11.6 Å². The molecule has 0 bridgehead atoms. The fraction of sp³-hybridized carbons (Fsp3) is 0.174. The first-order chi connectivity index (χ1) is 13.1. The third kappa shape index (κ3) is 5.35. The number of methoxy groups -OCH3 is 1. The van der Waals surface area contributed by atoms with Crippen molar-refractivity contribution in [2.24, 2.45) is 0 Å². The molecule has 3 aromatic carbocycles. The number of nitrogens with one attached hydrogen (secondary N) is 1. The minimum absolute atomic E-state index is 0.0862. The lowest BCUT2D eigenvalue weighted by atomic mass is 10.1. The van der Waals surface area contributed by atoms with Crippen LogP contribution in [0, 0.1) is 6.92 Å². The molecule has 4 nitrogen and oxygen atoms in total. The topological polar surface area (TPSA) is 47.6 Å². The summed E-state index contributed by atoms with van der Waals surface area (Å²) in [4.78, 5) is 12.4. The summed E-state index contributed by atoms with van der Waals surface area (Å²) < 4.78 is 11.1. The van der Waals surface area contributed by atoms with Crippen LogP contribution < -0.4 is 14.8 Å². The zero-order valence-corrected chi connectivity index (χ0v) is 15.6. The van der Waals surface area contributed by atoms with Gasteiger partial charge in [-0.3, -0.25) is 4.79 Å². The lowest BCUT2D eigenvalue weighted by Gasteiger charge is -2.11. The maximum Gasteiger partial charge on any atom is 0.228 e. The van der Waals surface area contributed by atoms with Gasteiger partial charge >= 0.3 is 0 Å². The van der Waals surface area contributed by atoms with Gasteiger partial charge in [-0.15, -0.1) is 0 Å². The molecule has 3 aromatic rings. The second kappa shape index (κ2) is 8.90. The minimum atomic E-state index is -0.0862. The molecule has 0 radical (unpaired) electrons. The summed E-state index contributed by atoms with van der Waals surface area (Å²) >= 11 is 0. The number of anilines is 1. The van der Waals surface area contributed by atoms with Crippen LogP contribution >= 0.6 is 0 Å². The molecule has 0 aromatic heterocycles. The maximum atomic E-state index is 12.4. The van der Waals surface area contributed by atoms with Gasteiger partial charge in [0.25, 0.3) is 0 Å². The molecule has 0 aliphatic heterocycles.